The number of pyridine rings is 1. The summed E-state index contributed by atoms with van der Waals surface area (Å²) in [6, 6.07) is 3.56. The molecule has 6 nitrogen and oxygen atoms in total. The van der Waals surface area contributed by atoms with Gasteiger partial charge in [0.2, 0.25) is 0 Å². The van der Waals surface area contributed by atoms with Gasteiger partial charge in [-0.2, -0.15) is 0 Å². The molecule has 0 radical (unpaired) electrons. The number of carbonyl (C=O) groups is 1. The first kappa shape index (κ1) is 9.20. The largest absolute Gasteiger partial charge is 0.383 e. The predicted molar refractivity (Wildman–Crippen MR) is 54.3 cm³/mol. The minimum Gasteiger partial charge on any atom is -0.383 e. The third-order valence-corrected chi connectivity index (χ3v) is 1.96. The molecule has 0 saturated heterocycles. The number of imidazole rings is 1. The molecule has 0 atom stereocenters. The van der Waals surface area contributed by atoms with Gasteiger partial charge in [-0.3, -0.25) is 14.3 Å². The Balaban J connectivity index is 2.52. The summed E-state index contributed by atoms with van der Waals surface area (Å²) in [5.74, 6) is -0.425. The van der Waals surface area contributed by atoms with E-state index in [0.717, 1.165) is 5.69 Å². The van der Waals surface area contributed by atoms with Crippen LogP contribution in [0.5, 0.6) is 0 Å². The van der Waals surface area contributed by atoms with Crippen molar-refractivity contribution >= 4 is 11.7 Å². The molecule has 15 heavy (non-hydrogen) atoms. The lowest BCUT2D eigenvalue weighted by molar-refractivity contribution is 0.0997. The second kappa shape index (κ2) is 3.41. The number of primary amides is 1. The van der Waals surface area contributed by atoms with E-state index in [1.54, 1.807) is 29.1 Å². The first-order valence-electron chi connectivity index (χ1n) is 4.23. The molecular formula is C9H9N5O. The number of nitrogens with zero attached hydrogens (tertiary/aromatic N) is 3. The maximum absolute atomic E-state index is 10.9. The van der Waals surface area contributed by atoms with Gasteiger partial charge < -0.3 is 11.5 Å². The van der Waals surface area contributed by atoms with Crippen molar-refractivity contribution in [2.45, 2.75) is 0 Å². The van der Waals surface area contributed by atoms with Gasteiger partial charge in [0.05, 0.1) is 11.9 Å². The summed E-state index contributed by atoms with van der Waals surface area (Å²) < 4.78 is 1.55. The van der Waals surface area contributed by atoms with Gasteiger partial charge in [0.25, 0.3) is 5.91 Å². The summed E-state index contributed by atoms with van der Waals surface area (Å²) in [4.78, 5) is 18.7. The predicted octanol–water partition coefficient (Wildman–Crippen LogP) is -0.0516. The Hall–Kier alpha value is -2.37. The molecule has 2 aromatic heterocycles. The quantitative estimate of drug-likeness (QED) is 0.714. The van der Waals surface area contributed by atoms with Gasteiger partial charge in [-0.1, -0.05) is 0 Å². The molecule has 2 heterocycles. The zero-order valence-corrected chi connectivity index (χ0v) is 7.79. The van der Waals surface area contributed by atoms with Gasteiger partial charge in [-0.25, -0.2) is 4.98 Å². The highest BCUT2D eigenvalue weighted by Gasteiger charge is 2.13. The Morgan fingerprint density at radius 1 is 1.47 bits per heavy atom. The van der Waals surface area contributed by atoms with Crippen molar-refractivity contribution in [3.63, 3.8) is 0 Å². The number of anilines is 1. The average Bonchev–Trinajstić information content (AvgIpc) is 2.61. The Bertz CT molecular complexity index is 490. The van der Waals surface area contributed by atoms with Gasteiger partial charge in [0, 0.05) is 6.20 Å². The van der Waals surface area contributed by atoms with Gasteiger partial charge in [-0.15, -0.1) is 0 Å². The average molecular weight is 203 g/mol. The fourth-order valence-electron chi connectivity index (χ4n) is 1.25. The zero-order chi connectivity index (χ0) is 10.8. The summed E-state index contributed by atoms with van der Waals surface area (Å²) in [5.41, 5.74) is 11.6. The van der Waals surface area contributed by atoms with Crippen molar-refractivity contribution in [3.8, 4) is 5.69 Å². The fourth-order valence-corrected chi connectivity index (χ4v) is 1.25. The number of rotatable bonds is 2. The smallest absolute Gasteiger partial charge is 0.271 e. The van der Waals surface area contributed by atoms with E-state index in [4.69, 9.17) is 11.5 Å². The molecule has 76 valence electrons. The highest BCUT2D eigenvalue weighted by molar-refractivity contribution is 5.95. The van der Waals surface area contributed by atoms with E-state index < -0.39 is 5.91 Å². The van der Waals surface area contributed by atoms with Crippen LogP contribution < -0.4 is 11.5 Å². The van der Waals surface area contributed by atoms with Gasteiger partial charge >= 0.3 is 0 Å². The second-order valence-corrected chi connectivity index (χ2v) is 2.92. The lowest BCUT2D eigenvalue weighted by Crippen LogP contribution is -2.14. The second-order valence-electron chi connectivity index (χ2n) is 2.92. The van der Waals surface area contributed by atoms with Crippen LogP contribution in [0, 0.1) is 0 Å². The number of hydrogen-bond acceptors (Lipinski definition) is 4. The highest BCUT2D eigenvalue weighted by atomic mass is 16.1. The van der Waals surface area contributed by atoms with Crippen molar-refractivity contribution in [3.05, 3.63) is 36.5 Å². The van der Waals surface area contributed by atoms with E-state index in [0.29, 0.717) is 0 Å². The minimum atomic E-state index is -0.643. The molecule has 0 spiro atoms. The number of hydrogen-bond donors (Lipinski definition) is 2. The topological polar surface area (TPSA) is 99.8 Å². The summed E-state index contributed by atoms with van der Waals surface area (Å²) >= 11 is 0. The highest BCUT2D eigenvalue weighted by Crippen LogP contribution is 2.15. The summed E-state index contributed by atoms with van der Waals surface area (Å²) in [6.07, 6.45) is 4.70. The van der Waals surface area contributed by atoms with Crippen molar-refractivity contribution in [1.29, 1.82) is 0 Å². The molecule has 0 saturated carbocycles. The van der Waals surface area contributed by atoms with Crippen LogP contribution in [-0.4, -0.2) is 20.4 Å². The minimum absolute atomic E-state index is 0.0684. The van der Waals surface area contributed by atoms with E-state index in [9.17, 15) is 4.79 Å². The lowest BCUT2D eigenvalue weighted by Gasteiger charge is -2.03. The van der Waals surface area contributed by atoms with Crippen LogP contribution in [-0.2, 0) is 0 Å². The van der Waals surface area contributed by atoms with E-state index in [-0.39, 0.29) is 11.5 Å². The van der Waals surface area contributed by atoms with Crippen LogP contribution in [0.15, 0.2) is 30.9 Å². The number of aromatic nitrogens is 3. The molecule has 0 unspecified atom stereocenters. The maximum Gasteiger partial charge on any atom is 0.271 e. The van der Waals surface area contributed by atoms with Crippen LogP contribution in [0.3, 0.4) is 0 Å². The van der Waals surface area contributed by atoms with Crippen molar-refractivity contribution in [2.75, 3.05) is 5.73 Å². The monoisotopic (exact) mass is 203 g/mol. The van der Waals surface area contributed by atoms with Crippen molar-refractivity contribution < 1.29 is 4.79 Å². The van der Waals surface area contributed by atoms with Gasteiger partial charge in [-0.05, 0) is 12.1 Å². The van der Waals surface area contributed by atoms with Gasteiger partial charge in [0.1, 0.15) is 12.1 Å². The molecule has 0 aliphatic heterocycles. The Kier molecular flexibility index (Phi) is 2.09. The van der Waals surface area contributed by atoms with E-state index in [2.05, 4.69) is 9.97 Å². The normalized spacial score (nSPS) is 10.1. The van der Waals surface area contributed by atoms with E-state index >= 15 is 0 Å². The molecule has 4 N–H and O–H groups in total. The molecule has 6 heteroatoms. The van der Waals surface area contributed by atoms with Crippen molar-refractivity contribution in [1.82, 2.24) is 14.5 Å². The SMILES string of the molecule is NC(=O)c1ncn(-c2cccnc2)c1N. The maximum atomic E-state index is 10.9. The summed E-state index contributed by atoms with van der Waals surface area (Å²) in [7, 11) is 0. The van der Waals surface area contributed by atoms with Crippen LogP contribution in [0.4, 0.5) is 5.82 Å². The first-order chi connectivity index (χ1) is 7.20. The molecule has 0 fully saturated rings. The molecule has 0 aliphatic rings. The zero-order valence-electron chi connectivity index (χ0n) is 7.79. The standard InChI is InChI=1S/C9H9N5O/c10-8-7(9(11)15)13-5-14(8)6-2-1-3-12-4-6/h1-5H,10H2,(H2,11,15). The third kappa shape index (κ3) is 1.52. The first-order valence-corrected chi connectivity index (χ1v) is 4.23. The Morgan fingerprint density at radius 3 is 2.80 bits per heavy atom. The number of carbonyl (C=O) groups excluding carboxylic acids is 1. The number of nitrogen functional groups attached to an aromatic ring is 1. The molecule has 0 aliphatic carbocycles. The van der Waals surface area contributed by atoms with E-state index in [1.807, 2.05) is 0 Å². The Labute approximate surface area is 85.6 Å². The van der Waals surface area contributed by atoms with Crippen molar-refractivity contribution in [2.24, 2.45) is 5.73 Å². The Morgan fingerprint density at radius 2 is 2.27 bits per heavy atom. The molecule has 1 amide bonds. The van der Waals surface area contributed by atoms with E-state index in [1.165, 1.54) is 6.33 Å². The fraction of sp³-hybridized carbons (Fsp3) is 0. The molecule has 0 bridgehead atoms. The summed E-state index contributed by atoms with van der Waals surface area (Å²) in [6.45, 7) is 0. The van der Waals surface area contributed by atoms with Crippen LogP contribution >= 0.6 is 0 Å². The molecule has 2 rings (SSSR count). The molecule has 2 aromatic rings. The molecule has 0 aromatic carbocycles. The van der Waals surface area contributed by atoms with Crippen LogP contribution in [0.25, 0.3) is 5.69 Å². The van der Waals surface area contributed by atoms with Gasteiger partial charge in [0.15, 0.2) is 5.69 Å². The summed E-state index contributed by atoms with van der Waals surface area (Å²) in [5, 5.41) is 0. The molecular weight excluding hydrogens is 194 g/mol. The van der Waals surface area contributed by atoms with Crippen LogP contribution in [0.1, 0.15) is 10.5 Å². The lowest BCUT2D eigenvalue weighted by atomic mass is 10.4. The van der Waals surface area contributed by atoms with Crippen LogP contribution in [0.2, 0.25) is 0 Å². The number of amides is 1. The third-order valence-electron chi connectivity index (χ3n) is 1.96. The number of nitrogens with two attached hydrogens (primary N) is 2.